The molecule has 0 saturated carbocycles. The molecule has 1 amide bonds. The average Bonchev–Trinajstić information content (AvgIpc) is 2.64. The molecule has 162 valence electrons. The number of halogens is 1. The van der Waals surface area contributed by atoms with Gasteiger partial charge in [0, 0.05) is 47.6 Å². The van der Waals surface area contributed by atoms with Gasteiger partial charge in [0.2, 0.25) is 0 Å². The monoisotopic (exact) mass is 431 g/mol. The molecule has 3 rings (SSSR count). The van der Waals surface area contributed by atoms with E-state index in [0.29, 0.717) is 41.7 Å². The molecule has 2 heterocycles. The van der Waals surface area contributed by atoms with Crippen LogP contribution in [0.1, 0.15) is 38.1 Å². The number of β-amino-alcohol motifs (C(OH)–C–C–N with tert-alkyl or cyclic N) is 1. The number of anilines is 2. The van der Waals surface area contributed by atoms with E-state index in [2.05, 4.69) is 53.3 Å². The summed E-state index contributed by atoms with van der Waals surface area (Å²) in [5.41, 5.74) is 4.08. The first kappa shape index (κ1) is 22.5. The summed E-state index contributed by atoms with van der Waals surface area (Å²) in [5, 5.41) is 15.0. The van der Waals surface area contributed by atoms with Crippen LogP contribution in [0.3, 0.4) is 0 Å². The highest BCUT2D eigenvalue weighted by Gasteiger charge is 2.44. The smallest absolute Gasteiger partial charge is 0.259 e. The maximum absolute atomic E-state index is 12.9. The van der Waals surface area contributed by atoms with E-state index in [-0.39, 0.29) is 23.6 Å². The lowest BCUT2D eigenvalue weighted by Gasteiger charge is -2.56. The van der Waals surface area contributed by atoms with Gasteiger partial charge in [-0.25, -0.2) is 9.99 Å². The number of rotatable bonds is 6. The second-order valence-electron chi connectivity index (χ2n) is 8.83. The Morgan fingerprint density at radius 2 is 1.87 bits per heavy atom. The molecule has 1 fully saturated rings. The van der Waals surface area contributed by atoms with Crippen LogP contribution in [0.2, 0.25) is 5.02 Å². The molecule has 1 aromatic heterocycles. The van der Waals surface area contributed by atoms with Crippen LogP contribution in [0.25, 0.3) is 0 Å². The summed E-state index contributed by atoms with van der Waals surface area (Å²) in [6.45, 7) is 10.8. The first-order valence-corrected chi connectivity index (χ1v) is 10.4. The number of hydrogen-bond acceptors (Lipinski definition) is 6. The number of amides is 1. The standard InChI is InChI=1S/C22H30ClN5O2/c1-21(2)14-27(15-22(3,4)28(21)11-12-29)26-19-18(9-6-10-24-19)20(30)25-17-8-5-7-16(23)13-17/h5-10,13,29H,11-12,14-15H2,1-4H3,(H,24,26)(H,25,30). The van der Waals surface area contributed by atoms with Gasteiger partial charge in [-0.15, -0.1) is 0 Å². The predicted octanol–water partition coefficient (Wildman–Crippen LogP) is 3.48. The van der Waals surface area contributed by atoms with Crippen molar-refractivity contribution in [2.45, 2.75) is 38.8 Å². The fourth-order valence-electron chi connectivity index (χ4n) is 4.36. The first-order valence-electron chi connectivity index (χ1n) is 10.0. The van der Waals surface area contributed by atoms with Crippen LogP contribution in [0.15, 0.2) is 42.6 Å². The van der Waals surface area contributed by atoms with E-state index in [4.69, 9.17) is 11.6 Å². The zero-order valence-corrected chi connectivity index (χ0v) is 18.7. The van der Waals surface area contributed by atoms with E-state index in [0.717, 1.165) is 0 Å². The Kier molecular flexibility index (Phi) is 6.67. The molecule has 8 heteroatoms. The van der Waals surface area contributed by atoms with Crippen molar-refractivity contribution in [2.75, 3.05) is 37.0 Å². The molecule has 1 saturated heterocycles. The maximum atomic E-state index is 12.9. The van der Waals surface area contributed by atoms with E-state index >= 15 is 0 Å². The van der Waals surface area contributed by atoms with Crippen LogP contribution in [0, 0.1) is 0 Å². The molecule has 30 heavy (non-hydrogen) atoms. The Labute approximate surface area is 183 Å². The highest BCUT2D eigenvalue weighted by Crippen LogP contribution is 2.32. The highest BCUT2D eigenvalue weighted by molar-refractivity contribution is 6.31. The molecule has 0 unspecified atom stereocenters. The average molecular weight is 432 g/mol. The van der Waals surface area contributed by atoms with Crippen LogP contribution >= 0.6 is 11.6 Å². The molecule has 0 spiro atoms. The van der Waals surface area contributed by atoms with Gasteiger partial charge in [0.25, 0.3) is 5.91 Å². The van der Waals surface area contributed by atoms with Crippen molar-refractivity contribution in [2.24, 2.45) is 0 Å². The third-order valence-corrected chi connectivity index (χ3v) is 5.57. The quantitative estimate of drug-likeness (QED) is 0.649. The second-order valence-corrected chi connectivity index (χ2v) is 9.27. The summed E-state index contributed by atoms with van der Waals surface area (Å²) >= 11 is 6.02. The van der Waals surface area contributed by atoms with E-state index in [1.54, 1.807) is 42.6 Å². The van der Waals surface area contributed by atoms with Gasteiger partial charge in [0.15, 0.2) is 5.82 Å². The van der Waals surface area contributed by atoms with Crippen LogP contribution in [0.4, 0.5) is 11.5 Å². The predicted molar refractivity (Wildman–Crippen MR) is 121 cm³/mol. The lowest BCUT2D eigenvalue weighted by atomic mass is 9.88. The molecule has 7 nitrogen and oxygen atoms in total. The van der Waals surface area contributed by atoms with E-state index in [1.807, 2.05) is 0 Å². The summed E-state index contributed by atoms with van der Waals surface area (Å²) in [6, 6.07) is 10.5. The van der Waals surface area contributed by atoms with E-state index in [1.165, 1.54) is 0 Å². The van der Waals surface area contributed by atoms with Gasteiger partial charge >= 0.3 is 0 Å². The number of aliphatic hydroxyl groups is 1. The molecule has 1 aromatic carbocycles. The number of nitrogens with one attached hydrogen (secondary N) is 2. The van der Waals surface area contributed by atoms with Gasteiger partial charge in [0.05, 0.1) is 12.2 Å². The number of piperazine rings is 1. The van der Waals surface area contributed by atoms with Crippen LogP contribution in [-0.4, -0.2) is 63.2 Å². The molecule has 2 aromatic rings. The van der Waals surface area contributed by atoms with Crippen molar-refractivity contribution >= 4 is 29.0 Å². The highest BCUT2D eigenvalue weighted by atomic mass is 35.5. The van der Waals surface area contributed by atoms with Gasteiger partial charge in [-0.2, -0.15) is 0 Å². The number of benzene rings is 1. The SMILES string of the molecule is CC1(C)CN(Nc2ncccc2C(=O)Nc2cccc(Cl)c2)CC(C)(C)N1CCO. The molecule has 1 aliphatic rings. The van der Waals surface area contributed by atoms with Gasteiger partial charge in [-0.1, -0.05) is 17.7 Å². The largest absolute Gasteiger partial charge is 0.395 e. The maximum Gasteiger partial charge on any atom is 0.259 e. The second kappa shape index (κ2) is 8.89. The third kappa shape index (κ3) is 5.10. The number of aliphatic hydroxyl groups excluding tert-OH is 1. The van der Waals surface area contributed by atoms with Crippen LogP contribution < -0.4 is 10.7 Å². The minimum Gasteiger partial charge on any atom is -0.395 e. The molecule has 1 aliphatic heterocycles. The molecule has 0 atom stereocenters. The molecule has 0 aliphatic carbocycles. The van der Waals surface area contributed by atoms with Crippen molar-refractivity contribution in [3.8, 4) is 0 Å². The Bertz CT molecular complexity index is 885. The fourth-order valence-corrected chi connectivity index (χ4v) is 4.55. The number of nitrogens with zero attached hydrogens (tertiary/aromatic N) is 3. The van der Waals surface area contributed by atoms with Crippen molar-refractivity contribution in [3.05, 3.63) is 53.2 Å². The molecule has 0 radical (unpaired) electrons. The summed E-state index contributed by atoms with van der Waals surface area (Å²) in [5.74, 6) is 0.240. The normalized spacial score (nSPS) is 18.7. The number of carbonyl (C=O) groups is 1. The van der Waals surface area contributed by atoms with Crippen molar-refractivity contribution in [1.82, 2.24) is 14.9 Å². The number of carbonyl (C=O) groups excluding carboxylic acids is 1. The molecule has 0 bridgehead atoms. The number of hydrazine groups is 1. The Morgan fingerprint density at radius 1 is 1.17 bits per heavy atom. The lowest BCUT2D eigenvalue weighted by molar-refractivity contribution is -0.0675. The Balaban J connectivity index is 1.79. The summed E-state index contributed by atoms with van der Waals surface area (Å²) in [6.07, 6.45) is 1.66. The van der Waals surface area contributed by atoms with Crippen LogP contribution in [0.5, 0.6) is 0 Å². The summed E-state index contributed by atoms with van der Waals surface area (Å²) in [7, 11) is 0. The first-order chi connectivity index (χ1) is 14.1. The minimum absolute atomic E-state index is 0.119. The van der Waals surface area contributed by atoms with Gasteiger partial charge in [0.1, 0.15) is 0 Å². The van der Waals surface area contributed by atoms with Crippen molar-refractivity contribution < 1.29 is 9.90 Å². The van der Waals surface area contributed by atoms with Crippen molar-refractivity contribution in [3.63, 3.8) is 0 Å². The number of pyridine rings is 1. The molecule has 3 N–H and O–H groups in total. The lowest BCUT2D eigenvalue weighted by Crippen LogP contribution is -2.69. The van der Waals surface area contributed by atoms with Gasteiger partial charge in [-0.3, -0.25) is 9.69 Å². The molecular weight excluding hydrogens is 402 g/mol. The number of hydrogen-bond donors (Lipinski definition) is 3. The minimum atomic E-state index is -0.259. The van der Waals surface area contributed by atoms with Crippen molar-refractivity contribution in [1.29, 1.82) is 0 Å². The van der Waals surface area contributed by atoms with E-state index < -0.39 is 0 Å². The fraction of sp³-hybridized carbons (Fsp3) is 0.455. The third-order valence-electron chi connectivity index (χ3n) is 5.34. The topological polar surface area (TPSA) is 80.7 Å². The Morgan fingerprint density at radius 3 is 2.50 bits per heavy atom. The Hall–Kier alpha value is -2.19. The van der Waals surface area contributed by atoms with E-state index in [9.17, 15) is 9.90 Å². The van der Waals surface area contributed by atoms with Gasteiger partial charge < -0.3 is 15.8 Å². The summed E-state index contributed by atoms with van der Waals surface area (Å²) < 4.78 is 0. The molecular formula is C22H30ClN5O2. The van der Waals surface area contributed by atoms with Crippen LogP contribution in [-0.2, 0) is 0 Å². The number of aromatic nitrogens is 1. The zero-order valence-electron chi connectivity index (χ0n) is 17.9. The van der Waals surface area contributed by atoms with Gasteiger partial charge in [-0.05, 0) is 58.0 Å². The summed E-state index contributed by atoms with van der Waals surface area (Å²) in [4.78, 5) is 19.6. The zero-order chi connectivity index (χ0) is 21.9.